The summed E-state index contributed by atoms with van der Waals surface area (Å²) in [6.07, 6.45) is 3.94. The van der Waals surface area contributed by atoms with Crippen molar-refractivity contribution in [1.82, 2.24) is 10.3 Å². The van der Waals surface area contributed by atoms with Gasteiger partial charge in [0.05, 0.1) is 16.8 Å². The Hall–Kier alpha value is -2.43. The van der Waals surface area contributed by atoms with Gasteiger partial charge < -0.3 is 10.1 Å². The van der Waals surface area contributed by atoms with Crippen LogP contribution >= 0.6 is 0 Å². The Balaban J connectivity index is 1.69. The number of carbonyl (C=O) groups is 2. The molecule has 1 aromatic heterocycles. The van der Waals surface area contributed by atoms with Gasteiger partial charge in [-0.15, -0.1) is 0 Å². The number of nitrogens with zero attached hydrogens (tertiary/aromatic N) is 1. The molecule has 1 N–H and O–H groups in total. The van der Waals surface area contributed by atoms with Crippen LogP contribution in [0.15, 0.2) is 24.3 Å². The summed E-state index contributed by atoms with van der Waals surface area (Å²) in [6.45, 7) is 8.02. The molecule has 5 nitrogen and oxygen atoms in total. The van der Waals surface area contributed by atoms with Crippen LogP contribution in [0.2, 0.25) is 0 Å². The summed E-state index contributed by atoms with van der Waals surface area (Å²) in [5, 5.41) is 3.98. The van der Waals surface area contributed by atoms with Crippen molar-refractivity contribution in [3.8, 4) is 0 Å². The normalized spacial score (nSPS) is 22.1. The third kappa shape index (κ3) is 4.18. The van der Waals surface area contributed by atoms with E-state index in [-0.39, 0.29) is 18.6 Å². The second-order valence-corrected chi connectivity index (χ2v) is 7.95. The number of esters is 1. The monoisotopic (exact) mass is 382 g/mol. The van der Waals surface area contributed by atoms with E-state index in [9.17, 15) is 9.59 Å². The van der Waals surface area contributed by atoms with E-state index < -0.39 is 5.97 Å². The molecule has 1 aliphatic carbocycles. The second-order valence-electron chi connectivity index (χ2n) is 7.95. The van der Waals surface area contributed by atoms with E-state index in [1.807, 2.05) is 38.1 Å². The Kier molecular flexibility index (Phi) is 6.32. The fraction of sp³-hybridized carbons (Fsp3) is 0.522. The van der Waals surface area contributed by atoms with Crippen molar-refractivity contribution in [2.45, 2.75) is 59.4 Å². The number of nitrogens with one attached hydrogen (secondary N) is 1. The summed E-state index contributed by atoms with van der Waals surface area (Å²) in [6, 6.07) is 7.91. The number of rotatable bonds is 5. The van der Waals surface area contributed by atoms with Crippen LogP contribution in [0.25, 0.3) is 10.9 Å². The molecule has 0 unspecified atom stereocenters. The first-order valence-electron chi connectivity index (χ1n) is 10.3. The molecule has 0 saturated heterocycles. The largest absolute Gasteiger partial charge is 0.452 e. The van der Waals surface area contributed by atoms with E-state index in [0.29, 0.717) is 29.5 Å². The number of pyridine rings is 1. The van der Waals surface area contributed by atoms with Gasteiger partial charge in [-0.2, -0.15) is 0 Å². The number of aryl methyl sites for hydroxylation is 2. The molecule has 0 bridgehead atoms. The summed E-state index contributed by atoms with van der Waals surface area (Å²) >= 11 is 0. The van der Waals surface area contributed by atoms with E-state index in [2.05, 4.69) is 24.1 Å². The Labute approximate surface area is 166 Å². The zero-order valence-electron chi connectivity index (χ0n) is 17.2. The summed E-state index contributed by atoms with van der Waals surface area (Å²) in [7, 11) is 0. The number of aromatic nitrogens is 1. The minimum absolute atomic E-state index is 0.158. The molecule has 2 aromatic rings. The number of fused-ring (bicyclic) bond motifs is 1. The predicted octanol–water partition coefficient (Wildman–Crippen LogP) is 4.20. The number of carbonyl (C=O) groups excluding carboxylic acids is 2. The van der Waals surface area contributed by atoms with Crippen LogP contribution in [-0.2, 0) is 16.0 Å². The van der Waals surface area contributed by atoms with Crippen molar-refractivity contribution >= 4 is 22.8 Å². The SMILES string of the molecule is CCc1nc2ccccc2c(C)c1C(=O)OCC(=O)N[C@H]1CCC[C@H](C)[C@@H]1C. The van der Waals surface area contributed by atoms with Gasteiger partial charge in [0.1, 0.15) is 0 Å². The molecule has 1 saturated carbocycles. The number of benzene rings is 1. The second kappa shape index (κ2) is 8.72. The van der Waals surface area contributed by atoms with E-state index in [1.54, 1.807) is 0 Å². The average Bonchev–Trinajstić information content (AvgIpc) is 2.69. The van der Waals surface area contributed by atoms with Crippen molar-refractivity contribution in [3.05, 3.63) is 41.1 Å². The van der Waals surface area contributed by atoms with Crippen LogP contribution in [0.3, 0.4) is 0 Å². The van der Waals surface area contributed by atoms with Crippen molar-refractivity contribution in [1.29, 1.82) is 0 Å². The maximum Gasteiger partial charge on any atom is 0.340 e. The molecular weight excluding hydrogens is 352 g/mol. The lowest BCUT2D eigenvalue weighted by Gasteiger charge is -2.34. The highest BCUT2D eigenvalue weighted by molar-refractivity contribution is 5.99. The van der Waals surface area contributed by atoms with Gasteiger partial charge in [-0.05, 0) is 43.2 Å². The molecule has 1 aromatic carbocycles. The number of para-hydroxylation sites is 1. The lowest BCUT2D eigenvalue weighted by atomic mass is 9.78. The highest BCUT2D eigenvalue weighted by Gasteiger charge is 2.28. The van der Waals surface area contributed by atoms with Gasteiger partial charge in [0, 0.05) is 11.4 Å². The Morgan fingerprint density at radius 2 is 1.96 bits per heavy atom. The zero-order valence-corrected chi connectivity index (χ0v) is 17.2. The summed E-state index contributed by atoms with van der Waals surface area (Å²) in [5.41, 5.74) is 2.90. The average molecular weight is 383 g/mol. The molecule has 1 aliphatic rings. The van der Waals surface area contributed by atoms with Gasteiger partial charge in [-0.3, -0.25) is 9.78 Å². The maximum atomic E-state index is 12.8. The van der Waals surface area contributed by atoms with Crippen LogP contribution < -0.4 is 5.32 Å². The van der Waals surface area contributed by atoms with Crippen molar-refractivity contribution in [2.24, 2.45) is 11.8 Å². The first-order chi connectivity index (χ1) is 13.4. The Morgan fingerprint density at radius 1 is 1.21 bits per heavy atom. The van der Waals surface area contributed by atoms with Gasteiger partial charge in [0.15, 0.2) is 6.61 Å². The van der Waals surface area contributed by atoms with Crippen LogP contribution in [0.5, 0.6) is 0 Å². The van der Waals surface area contributed by atoms with Crippen LogP contribution in [0.4, 0.5) is 0 Å². The molecule has 1 fully saturated rings. The van der Waals surface area contributed by atoms with Gasteiger partial charge in [-0.25, -0.2) is 4.79 Å². The van der Waals surface area contributed by atoms with Gasteiger partial charge >= 0.3 is 5.97 Å². The standard InChI is InChI=1S/C23H30N2O3/c1-5-18-22(16(4)17-10-6-7-11-20(17)24-18)23(27)28-13-21(26)25-19-12-8-9-14(2)15(19)3/h6-7,10-11,14-15,19H,5,8-9,12-13H2,1-4H3,(H,25,26)/t14-,15-,19-/m0/s1. The van der Waals surface area contributed by atoms with Crippen LogP contribution in [-0.4, -0.2) is 29.5 Å². The summed E-state index contributed by atoms with van der Waals surface area (Å²) in [4.78, 5) is 29.7. The first-order valence-corrected chi connectivity index (χ1v) is 10.3. The number of hydrogen-bond donors (Lipinski definition) is 1. The smallest absolute Gasteiger partial charge is 0.340 e. The zero-order chi connectivity index (χ0) is 20.3. The van der Waals surface area contributed by atoms with Crippen molar-refractivity contribution in [3.63, 3.8) is 0 Å². The van der Waals surface area contributed by atoms with Crippen LogP contribution in [0, 0.1) is 18.8 Å². The molecule has 150 valence electrons. The summed E-state index contributed by atoms with van der Waals surface area (Å²) < 4.78 is 5.37. The molecule has 0 radical (unpaired) electrons. The van der Waals surface area contributed by atoms with E-state index >= 15 is 0 Å². The van der Waals surface area contributed by atoms with Gasteiger partial charge in [0.25, 0.3) is 5.91 Å². The molecule has 1 amide bonds. The van der Waals surface area contributed by atoms with Gasteiger partial charge in [-0.1, -0.05) is 51.8 Å². The summed E-state index contributed by atoms with van der Waals surface area (Å²) in [5.74, 6) is 0.323. The third-order valence-electron chi connectivity index (χ3n) is 6.15. The topological polar surface area (TPSA) is 68.3 Å². The fourth-order valence-corrected chi connectivity index (χ4v) is 4.20. The number of amides is 1. The van der Waals surface area contributed by atoms with Gasteiger partial charge in [0.2, 0.25) is 0 Å². The highest BCUT2D eigenvalue weighted by Crippen LogP contribution is 2.29. The lowest BCUT2D eigenvalue weighted by molar-refractivity contribution is -0.125. The Morgan fingerprint density at radius 3 is 2.71 bits per heavy atom. The highest BCUT2D eigenvalue weighted by atomic mass is 16.5. The van der Waals surface area contributed by atoms with Crippen molar-refractivity contribution < 1.29 is 14.3 Å². The quantitative estimate of drug-likeness (QED) is 0.787. The Bertz CT molecular complexity index is 878. The molecule has 5 heteroatoms. The lowest BCUT2D eigenvalue weighted by Crippen LogP contribution is -2.45. The van der Waals surface area contributed by atoms with E-state index in [1.165, 1.54) is 6.42 Å². The molecule has 3 atom stereocenters. The first kappa shape index (κ1) is 20.3. The van der Waals surface area contributed by atoms with E-state index in [0.717, 1.165) is 29.3 Å². The predicted molar refractivity (Wildman–Crippen MR) is 110 cm³/mol. The van der Waals surface area contributed by atoms with Crippen molar-refractivity contribution in [2.75, 3.05) is 6.61 Å². The molecular formula is C23H30N2O3. The molecule has 0 spiro atoms. The minimum atomic E-state index is -0.479. The fourth-order valence-electron chi connectivity index (χ4n) is 4.20. The molecule has 3 rings (SSSR count). The van der Waals surface area contributed by atoms with Crippen LogP contribution in [0.1, 0.15) is 61.6 Å². The minimum Gasteiger partial charge on any atom is -0.452 e. The number of hydrogen-bond acceptors (Lipinski definition) is 4. The van der Waals surface area contributed by atoms with E-state index in [4.69, 9.17) is 4.74 Å². The molecule has 1 heterocycles. The third-order valence-corrected chi connectivity index (χ3v) is 6.15. The number of ether oxygens (including phenoxy) is 1. The maximum absolute atomic E-state index is 12.8. The molecule has 28 heavy (non-hydrogen) atoms. The molecule has 0 aliphatic heterocycles.